The lowest BCUT2D eigenvalue weighted by atomic mass is 9.92. The molecule has 0 aliphatic heterocycles. The van der Waals surface area contributed by atoms with E-state index >= 15 is 0 Å². The Kier molecular flexibility index (Phi) is 3.11. The molecule has 1 atom stereocenters. The third-order valence-corrected chi connectivity index (χ3v) is 3.60. The van der Waals surface area contributed by atoms with Crippen LogP contribution >= 0.6 is 0 Å². The summed E-state index contributed by atoms with van der Waals surface area (Å²) in [5.41, 5.74) is 2.24. The minimum absolute atomic E-state index is 0.0362. The third kappa shape index (κ3) is 2.11. The minimum Gasteiger partial charge on any atom is -0.360 e. The zero-order chi connectivity index (χ0) is 14.1. The van der Waals surface area contributed by atoms with Crippen LogP contribution in [0, 0.1) is 5.82 Å². The zero-order valence-electron chi connectivity index (χ0n) is 11.1. The van der Waals surface area contributed by atoms with Crippen LogP contribution in [0.2, 0.25) is 0 Å². The van der Waals surface area contributed by atoms with Gasteiger partial charge in [-0.1, -0.05) is 37.3 Å². The highest BCUT2D eigenvalue weighted by Gasteiger charge is 2.20. The molecule has 0 radical (unpaired) electrons. The summed E-state index contributed by atoms with van der Waals surface area (Å²) in [4.78, 5) is 15.5. The van der Waals surface area contributed by atoms with Crippen LogP contribution in [-0.2, 0) is 0 Å². The quantitative estimate of drug-likeness (QED) is 0.705. The van der Waals surface area contributed by atoms with Gasteiger partial charge in [0.15, 0.2) is 5.78 Å². The Morgan fingerprint density at radius 1 is 1.15 bits per heavy atom. The molecule has 0 bridgehead atoms. The number of halogens is 1. The molecule has 0 saturated heterocycles. The van der Waals surface area contributed by atoms with Gasteiger partial charge in [0.25, 0.3) is 0 Å². The maximum absolute atomic E-state index is 13.2. The SMILES string of the molecule is CC(C(=O)c1c[nH]c2cc(F)ccc12)c1ccccc1. The number of carbonyl (C=O) groups is 1. The van der Waals surface area contributed by atoms with Crippen molar-refractivity contribution in [3.63, 3.8) is 0 Å². The summed E-state index contributed by atoms with van der Waals surface area (Å²) in [6.07, 6.45) is 1.66. The van der Waals surface area contributed by atoms with Crippen molar-refractivity contribution in [2.45, 2.75) is 12.8 Å². The zero-order valence-corrected chi connectivity index (χ0v) is 11.1. The molecule has 20 heavy (non-hydrogen) atoms. The number of aromatic amines is 1. The van der Waals surface area contributed by atoms with Crippen molar-refractivity contribution in [2.24, 2.45) is 0 Å². The molecule has 1 unspecified atom stereocenters. The summed E-state index contributed by atoms with van der Waals surface area (Å²) < 4.78 is 13.2. The maximum atomic E-state index is 13.2. The fourth-order valence-electron chi connectivity index (χ4n) is 2.43. The summed E-state index contributed by atoms with van der Waals surface area (Å²) >= 11 is 0. The molecule has 0 aliphatic rings. The summed E-state index contributed by atoms with van der Waals surface area (Å²) in [7, 11) is 0. The van der Waals surface area contributed by atoms with E-state index in [4.69, 9.17) is 0 Å². The van der Waals surface area contributed by atoms with E-state index in [0.717, 1.165) is 10.9 Å². The highest BCUT2D eigenvalue weighted by molar-refractivity contribution is 6.10. The van der Waals surface area contributed by atoms with Gasteiger partial charge in [0.2, 0.25) is 0 Å². The van der Waals surface area contributed by atoms with Gasteiger partial charge in [-0.2, -0.15) is 0 Å². The number of hydrogen-bond acceptors (Lipinski definition) is 1. The van der Waals surface area contributed by atoms with Gasteiger partial charge in [-0.25, -0.2) is 4.39 Å². The summed E-state index contributed by atoms with van der Waals surface area (Å²) in [5.74, 6) is -0.497. The molecule has 0 saturated carbocycles. The monoisotopic (exact) mass is 267 g/mol. The van der Waals surface area contributed by atoms with Crippen LogP contribution in [-0.4, -0.2) is 10.8 Å². The molecule has 0 spiro atoms. The van der Waals surface area contributed by atoms with Crippen LogP contribution < -0.4 is 0 Å². The van der Waals surface area contributed by atoms with E-state index in [0.29, 0.717) is 11.1 Å². The molecular weight excluding hydrogens is 253 g/mol. The Bertz CT molecular complexity index is 761. The molecule has 0 amide bonds. The van der Waals surface area contributed by atoms with Crippen LogP contribution in [0.1, 0.15) is 28.8 Å². The molecule has 0 aliphatic carbocycles. The van der Waals surface area contributed by atoms with Gasteiger partial charge in [0.05, 0.1) is 0 Å². The molecule has 1 heterocycles. The van der Waals surface area contributed by atoms with E-state index in [-0.39, 0.29) is 17.5 Å². The van der Waals surface area contributed by atoms with Crippen molar-refractivity contribution >= 4 is 16.7 Å². The van der Waals surface area contributed by atoms with E-state index in [1.165, 1.54) is 12.1 Å². The Morgan fingerprint density at radius 3 is 2.65 bits per heavy atom. The van der Waals surface area contributed by atoms with Crippen molar-refractivity contribution in [1.82, 2.24) is 4.98 Å². The van der Waals surface area contributed by atoms with Crippen molar-refractivity contribution in [2.75, 3.05) is 0 Å². The topological polar surface area (TPSA) is 32.9 Å². The second kappa shape index (κ2) is 4.93. The number of hydrogen-bond donors (Lipinski definition) is 1. The standard InChI is InChI=1S/C17H14FNO/c1-11(12-5-3-2-4-6-12)17(20)15-10-19-16-9-13(18)7-8-14(15)16/h2-11,19H,1H3. The summed E-state index contributed by atoms with van der Waals surface area (Å²) in [5, 5.41) is 0.763. The largest absolute Gasteiger partial charge is 0.360 e. The highest BCUT2D eigenvalue weighted by atomic mass is 19.1. The first-order valence-electron chi connectivity index (χ1n) is 6.52. The number of aromatic nitrogens is 1. The molecule has 3 aromatic rings. The molecule has 2 nitrogen and oxygen atoms in total. The Hall–Kier alpha value is -2.42. The predicted octanol–water partition coefficient (Wildman–Crippen LogP) is 4.29. The number of carbonyl (C=O) groups excluding carboxylic acids is 1. The van der Waals surface area contributed by atoms with Crippen molar-refractivity contribution in [3.8, 4) is 0 Å². The first-order valence-corrected chi connectivity index (χ1v) is 6.52. The maximum Gasteiger partial charge on any atom is 0.172 e. The average molecular weight is 267 g/mol. The minimum atomic E-state index is -0.311. The number of fused-ring (bicyclic) bond motifs is 1. The number of rotatable bonds is 3. The molecule has 3 rings (SSSR count). The lowest BCUT2D eigenvalue weighted by Gasteiger charge is -2.10. The first-order chi connectivity index (χ1) is 9.66. The van der Waals surface area contributed by atoms with Crippen LogP contribution in [0.5, 0.6) is 0 Å². The van der Waals surface area contributed by atoms with E-state index in [9.17, 15) is 9.18 Å². The smallest absolute Gasteiger partial charge is 0.172 e. The second-order valence-corrected chi connectivity index (χ2v) is 4.89. The highest BCUT2D eigenvalue weighted by Crippen LogP contribution is 2.26. The van der Waals surface area contributed by atoms with Gasteiger partial charge in [0, 0.05) is 28.6 Å². The second-order valence-electron chi connectivity index (χ2n) is 4.89. The molecule has 1 aromatic heterocycles. The van der Waals surface area contributed by atoms with Crippen LogP contribution in [0.15, 0.2) is 54.7 Å². The van der Waals surface area contributed by atoms with E-state index in [2.05, 4.69) is 4.98 Å². The number of H-pyrrole nitrogens is 1. The fourth-order valence-corrected chi connectivity index (χ4v) is 2.43. The summed E-state index contributed by atoms with van der Waals surface area (Å²) in [6, 6.07) is 14.1. The lowest BCUT2D eigenvalue weighted by Crippen LogP contribution is -2.08. The molecular formula is C17H14FNO. The van der Waals surface area contributed by atoms with Crippen molar-refractivity contribution in [1.29, 1.82) is 0 Å². The van der Waals surface area contributed by atoms with Gasteiger partial charge in [-0.3, -0.25) is 4.79 Å². The Labute approximate surface area is 116 Å². The molecule has 0 fully saturated rings. The van der Waals surface area contributed by atoms with E-state index in [1.54, 1.807) is 12.3 Å². The van der Waals surface area contributed by atoms with Gasteiger partial charge in [-0.15, -0.1) is 0 Å². The Balaban J connectivity index is 2.01. The molecule has 3 heteroatoms. The number of ketones is 1. The predicted molar refractivity (Wildman–Crippen MR) is 77.4 cm³/mol. The molecule has 100 valence electrons. The molecule has 2 aromatic carbocycles. The lowest BCUT2D eigenvalue weighted by molar-refractivity contribution is 0.0968. The van der Waals surface area contributed by atoms with Gasteiger partial charge in [0.1, 0.15) is 5.82 Å². The van der Waals surface area contributed by atoms with Crippen LogP contribution in [0.25, 0.3) is 10.9 Å². The number of benzene rings is 2. The van der Waals surface area contributed by atoms with E-state index < -0.39 is 0 Å². The van der Waals surface area contributed by atoms with Gasteiger partial charge >= 0.3 is 0 Å². The third-order valence-electron chi connectivity index (χ3n) is 3.60. The summed E-state index contributed by atoms with van der Waals surface area (Å²) in [6.45, 7) is 1.89. The normalized spacial score (nSPS) is 12.5. The fraction of sp³-hybridized carbons (Fsp3) is 0.118. The van der Waals surface area contributed by atoms with Gasteiger partial charge in [-0.05, 0) is 23.8 Å². The number of Topliss-reactive ketones (excluding diaryl/α,β-unsaturated/α-hetero) is 1. The van der Waals surface area contributed by atoms with E-state index in [1.807, 2.05) is 37.3 Å². The van der Waals surface area contributed by atoms with Crippen molar-refractivity contribution in [3.05, 3.63) is 71.7 Å². The molecule has 1 N–H and O–H groups in total. The van der Waals surface area contributed by atoms with Crippen molar-refractivity contribution < 1.29 is 9.18 Å². The Morgan fingerprint density at radius 2 is 1.90 bits per heavy atom. The average Bonchev–Trinajstić information content (AvgIpc) is 2.89. The van der Waals surface area contributed by atoms with Gasteiger partial charge < -0.3 is 4.98 Å². The number of nitrogens with one attached hydrogen (secondary N) is 1. The van der Waals surface area contributed by atoms with Crippen LogP contribution in [0.4, 0.5) is 4.39 Å². The first kappa shape index (κ1) is 12.6. The van der Waals surface area contributed by atoms with Crippen LogP contribution in [0.3, 0.4) is 0 Å².